The lowest BCUT2D eigenvalue weighted by molar-refractivity contribution is -0.122. The highest BCUT2D eigenvalue weighted by Gasteiger charge is 2.28. The number of guanidine groups is 1. The van der Waals surface area contributed by atoms with Crippen molar-refractivity contribution in [2.45, 2.75) is 32.6 Å². The second kappa shape index (κ2) is 11.3. The van der Waals surface area contributed by atoms with Gasteiger partial charge in [-0.15, -0.1) is 0 Å². The Labute approximate surface area is 152 Å². The van der Waals surface area contributed by atoms with E-state index in [1.54, 1.807) is 0 Å². The molecular weight excluding hydrogens is 316 g/mol. The molecule has 3 N–H and O–H groups in total. The van der Waals surface area contributed by atoms with Crippen LogP contribution in [0.1, 0.15) is 32.6 Å². The fourth-order valence-corrected chi connectivity index (χ4v) is 3.01. The van der Waals surface area contributed by atoms with E-state index in [2.05, 4.69) is 44.7 Å². The smallest absolute Gasteiger partial charge is 0.223 e. The molecule has 1 saturated heterocycles. The van der Waals surface area contributed by atoms with Crippen LogP contribution in [0.25, 0.3) is 0 Å². The maximum absolute atomic E-state index is 11.6. The van der Waals surface area contributed by atoms with Gasteiger partial charge in [0.15, 0.2) is 5.96 Å². The molecule has 0 atom stereocenters. The van der Waals surface area contributed by atoms with Gasteiger partial charge in [-0.3, -0.25) is 9.79 Å². The summed E-state index contributed by atoms with van der Waals surface area (Å²) in [5.74, 6) is 1.33. The van der Waals surface area contributed by atoms with Crippen molar-refractivity contribution in [3.63, 3.8) is 0 Å². The van der Waals surface area contributed by atoms with Crippen molar-refractivity contribution in [2.75, 3.05) is 66.0 Å². The summed E-state index contributed by atoms with van der Waals surface area (Å²) in [6, 6.07) is 0. The van der Waals surface area contributed by atoms with Crippen LogP contribution in [0.4, 0.5) is 0 Å². The first kappa shape index (κ1) is 20.0. The average Bonchev–Trinajstić information content (AvgIpc) is 3.44. The number of likely N-dealkylation sites (N-methyl/N-ethyl adjacent to an activating group) is 1. The fourth-order valence-electron chi connectivity index (χ4n) is 3.01. The van der Waals surface area contributed by atoms with Crippen molar-refractivity contribution in [3.05, 3.63) is 0 Å². The molecule has 2 aliphatic rings. The van der Waals surface area contributed by atoms with Gasteiger partial charge in [0, 0.05) is 45.2 Å². The predicted molar refractivity (Wildman–Crippen MR) is 103 cm³/mol. The van der Waals surface area contributed by atoms with Gasteiger partial charge in [-0.2, -0.15) is 0 Å². The molecule has 7 heteroatoms. The molecule has 2 rings (SSSR count). The Bertz CT molecular complexity index is 424. The van der Waals surface area contributed by atoms with Crippen molar-refractivity contribution in [3.8, 4) is 0 Å². The second-order valence-corrected chi connectivity index (χ2v) is 7.10. The van der Waals surface area contributed by atoms with E-state index in [0.29, 0.717) is 13.1 Å². The number of amides is 1. The molecule has 1 saturated carbocycles. The van der Waals surface area contributed by atoms with Crippen LogP contribution in [-0.2, 0) is 4.79 Å². The maximum Gasteiger partial charge on any atom is 0.223 e. The molecule has 2 fully saturated rings. The number of carbonyl (C=O) groups is 1. The fraction of sp³-hybridized carbons (Fsp3) is 0.889. The predicted octanol–water partition coefficient (Wildman–Crippen LogP) is 0.0953. The minimum absolute atomic E-state index is 0.201. The molecular formula is C18H36N6O. The van der Waals surface area contributed by atoms with Crippen molar-refractivity contribution < 1.29 is 4.79 Å². The van der Waals surface area contributed by atoms with E-state index in [4.69, 9.17) is 0 Å². The molecule has 0 bridgehead atoms. The van der Waals surface area contributed by atoms with Gasteiger partial charge in [-0.25, -0.2) is 0 Å². The molecule has 144 valence electrons. The Morgan fingerprint density at radius 3 is 2.64 bits per heavy atom. The minimum atomic E-state index is 0.201. The van der Waals surface area contributed by atoms with E-state index in [0.717, 1.165) is 44.9 Å². The van der Waals surface area contributed by atoms with Crippen LogP contribution < -0.4 is 16.0 Å². The van der Waals surface area contributed by atoms with E-state index >= 15 is 0 Å². The molecule has 0 aromatic heterocycles. The van der Waals surface area contributed by atoms with Crippen LogP contribution in [0.3, 0.4) is 0 Å². The zero-order valence-corrected chi connectivity index (χ0v) is 16.0. The third-order valence-electron chi connectivity index (χ3n) is 4.72. The standard InChI is InChI=1S/C18H36N6O/c1-3-19-18(22-10-9-20-17(25)16-6-7-16)21-8-4-12-24-13-5-11-23(2)14-15-24/h16H,3-15H2,1-2H3,(H,20,25)(H2,19,21,22). The summed E-state index contributed by atoms with van der Waals surface area (Å²) >= 11 is 0. The molecule has 0 spiro atoms. The van der Waals surface area contributed by atoms with Gasteiger partial charge in [-0.1, -0.05) is 0 Å². The molecule has 1 heterocycles. The van der Waals surface area contributed by atoms with E-state index in [-0.39, 0.29) is 11.8 Å². The molecule has 7 nitrogen and oxygen atoms in total. The topological polar surface area (TPSA) is 72.0 Å². The molecule has 0 aromatic rings. The van der Waals surface area contributed by atoms with Crippen molar-refractivity contribution in [1.29, 1.82) is 0 Å². The molecule has 1 aliphatic heterocycles. The lowest BCUT2D eigenvalue weighted by atomic mass is 10.3. The summed E-state index contributed by atoms with van der Waals surface area (Å²) in [4.78, 5) is 21.2. The van der Waals surface area contributed by atoms with Gasteiger partial charge in [0.2, 0.25) is 5.91 Å². The van der Waals surface area contributed by atoms with Gasteiger partial charge in [0.25, 0.3) is 0 Å². The molecule has 0 aromatic carbocycles. The maximum atomic E-state index is 11.6. The Hall–Kier alpha value is -1.34. The molecule has 25 heavy (non-hydrogen) atoms. The molecule has 0 radical (unpaired) electrons. The van der Waals surface area contributed by atoms with Gasteiger partial charge in [0.05, 0.1) is 0 Å². The Morgan fingerprint density at radius 2 is 1.88 bits per heavy atom. The van der Waals surface area contributed by atoms with Crippen molar-refractivity contribution in [1.82, 2.24) is 25.8 Å². The SMILES string of the molecule is CCNC(=NCCCN1CCCN(C)CC1)NCCNC(=O)C1CC1. The summed E-state index contributed by atoms with van der Waals surface area (Å²) in [7, 11) is 2.20. The third kappa shape index (κ3) is 8.54. The highest BCUT2D eigenvalue weighted by molar-refractivity contribution is 5.81. The lowest BCUT2D eigenvalue weighted by Gasteiger charge is -2.19. The van der Waals surface area contributed by atoms with Crippen molar-refractivity contribution >= 4 is 11.9 Å². The van der Waals surface area contributed by atoms with Crippen LogP contribution in [0.2, 0.25) is 0 Å². The summed E-state index contributed by atoms with van der Waals surface area (Å²) < 4.78 is 0. The first-order chi connectivity index (χ1) is 12.2. The summed E-state index contributed by atoms with van der Waals surface area (Å²) in [6.07, 6.45) is 4.45. The molecule has 0 unspecified atom stereocenters. The number of aliphatic imine (C=N–C) groups is 1. The van der Waals surface area contributed by atoms with Crippen LogP contribution in [0.5, 0.6) is 0 Å². The highest BCUT2D eigenvalue weighted by Crippen LogP contribution is 2.28. The lowest BCUT2D eigenvalue weighted by Crippen LogP contribution is -2.42. The Morgan fingerprint density at radius 1 is 1.08 bits per heavy atom. The highest BCUT2D eigenvalue weighted by atomic mass is 16.2. The van der Waals surface area contributed by atoms with Crippen LogP contribution in [-0.4, -0.2) is 87.6 Å². The molecule has 1 amide bonds. The summed E-state index contributed by atoms with van der Waals surface area (Å²) in [6.45, 7) is 11.0. The van der Waals surface area contributed by atoms with Gasteiger partial charge >= 0.3 is 0 Å². The normalized spacial score (nSPS) is 20.2. The number of nitrogens with zero attached hydrogens (tertiary/aromatic N) is 3. The van der Waals surface area contributed by atoms with E-state index in [1.165, 1.54) is 32.6 Å². The number of hydrogen-bond donors (Lipinski definition) is 3. The van der Waals surface area contributed by atoms with Gasteiger partial charge < -0.3 is 25.8 Å². The summed E-state index contributed by atoms with van der Waals surface area (Å²) in [5.41, 5.74) is 0. The first-order valence-corrected chi connectivity index (χ1v) is 9.90. The van der Waals surface area contributed by atoms with E-state index < -0.39 is 0 Å². The first-order valence-electron chi connectivity index (χ1n) is 9.90. The van der Waals surface area contributed by atoms with Crippen LogP contribution >= 0.6 is 0 Å². The largest absolute Gasteiger partial charge is 0.357 e. The van der Waals surface area contributed by atoms with E-state index in [1.807, 2.05) is 0 Å². The minimum Gasteiger partial charge on any atom is -0.357 e. The van der Waals surface area contributed by atoms with Crippen LogP contribution in [0.15, 0.2) is 4.99 Å². The third-order valence-corrected chi connectivity index (χ3v) is 4.72. The zero-order valence-electron chi connectivity index (χ0n) is 16.0. The van der Waals surface area contributed by atoms with E-state index in [9.17, 15) is 4.79 Å². The number of rotatable bonds is 9. The number of carbonyl (C=O) groups excluding carboxylic acids is 1. The average molecular weight is 353 g/mol. The van der Waals surface area contributed by atoms with Crippen LogP contribution in [0, 0.1) is 5.92 Å². The molecule has 1 aliphatic carbocycles. The van der Waals surface area contributed by atoms with Gasteiger partial charge in [0.1, 0.15) is 0 Å². The zero-order chi connectivity index (χ0) is 17.9. The Balaban J connectivity index is 1.58. The summed E-state index contributed by atoms with van der Waals surface area (Å²) in [5, 5.41) is 9.53. The second-order valence-electron chi connectivity index (χ2n) is 7.10. The monoisotopic (exact) mass is 352 g/mol. The van der Waals surface area contributed by atoms with Gasteiger partial charge in [-0.05, 0) is 59.3 Å². The number of hydrogen-bond acceptors (Lipinski definition) is 4. The quantitative estimate of drug-likeness (QED) is 0.312. The Kier molecular flexibility index (Phi) is 9.04. The van der Waals surface area contributed by atoms with Crippen molar-refractivity contribution in [2.24, 2.45) is 10.9 Å². The number of nitrogens with one attached hydrogen (secondary N) is 3.